The van der Waals surface area contributed by atoms with E-state index in [-0.39, 0.29) is 0 Å². The predicted molar refractivity (Wildman–Crippen MR) is 107 cm³/mol. The van der Waals surface area contributed by atoms with Crippen LogP contribution in [0.5, 0.6) is 11.5 Å². The third-order valence-electron chi connectivity index (χ3n) is 3.83. The molecule has 2 aromatic rings. The molecule has 0 heterocycles. The van der Waals surface area contributed by atoms with Crippen LogP contribution >= 0.6 is 0 Å². The van der Waals surface area contributed by atoms with Gasteiger partial charge in [0.15, 0.2) is 0 Å². The van der Waals surface area contributed by atoms with E-state index in [0.29, 0.717) is 22.9 Å². The Bertz CT molecular complexity index is 846. The Balaban J connectivity index is 1.97. The standard InChI is InChI=1S/C20H22N4O4/c1-13(15-7-5-9-17(11-15)27-3)21-23-19(25)20(26)24-22-14(2)16-8-6-10-18(12-16)28-4/h5-12H,1-4H3,(H,23,25)(H,24,26)/b21-13+,22-14+. The molecule has 2 rings (SSSR count). The summed E-state index contributed by atoms with van der Waals surface area (Å²) in [7, 11) is 3.12. The number of hydrazone groups is 2. The zero-order valence-corrected chi connectivity index (χ0v) is 16.1. The summed E-state index contributed by atoms with van der Waals surface area (Å²) >= 11 is 0. The molecule has 146 valence electrons. The van der Waals surface area contributed by atoms with Gasteiger partial charge in [0.1, 0.15) is 11.5 Å². The molecule has 28 heavy (non-hydrogen) atoms. The number of carbonyl (C=O) groups is 2. The van der Waals surface area contributed by atoms with Gasteiger partial charge >= 0.3 is 11.8 Å². The maximum atomic E-state index is 11.9. The van der Waals surface area contributed by atoms with Gasteiger partial charge in [-0.3, -0.25) is 9.59 Å². The van der Waals surface area contributed by atoms with E-state index in [1.54, 1.807) is 64.5 Å². The predicted octanol–water partition coefficient (Wildman–Crippen LogP) is 2.08. The minimum absolute atomic E-state index is 0.524. The molecule has 0 aliphatic heterocycles. The molecule has 0 saturated heterocycles. The third kappa shape index (κ3) is 5.66. The van der Waals surface area contributed by atoms with E-state index in [1.807, 2.05) is 12.1 Å². The third-order valence-corrected chi connectivity index (χ3v) is 3.83. The molecule has 0 radical (unpaired) electrons. The molecule has 0 unspecified atom stereocenters. The Morgan fingerprint density at radius 2 is 1.14 bits per heavy atom. The molecule has 0 fully saturated rings. The van der Waals surface area contributed by atoms with Gasteiger partial charge in [0, 0.05) is 11.1 Å². The monoisotopic (exact) mass is 382 g/mol. The molecule has 0 bridgehead atoms. The van der Waals surface area contributed by atoms with Crippen LogP contribution in [0.4, 0.5) is 0 Å². The van der Waals surface area contributed by atoms with E-state index in [2.05, 4.69) is 21.1 Å². The number of hydrogen-bond acceptors (Lipinski definition) is 6. The lowest BCUT2D eigenvalue weighted by molar-refractivity contribution is -0.139. The van der Waals surface area contributed by atoms with E-state index >= 15 is 0 Å². The molecular weight excluding hydrogens is 360 g/mol. The minimum atomic E-state index is -0.926. The first-order valence-corrected chi connectivity index (χ1v) is 8.42. The normalized spacial score (nSPS) is 11.6. The van der Waals surface area contributed by atoms with E-state index in [4.69, 9.17) is 9.47 Å². The second-order valence-electron chi connectivity index (χ2n) is 5.74. The second-order valence-corrected chi connectivity index (χ2v) is 5.74. The number of benzene rings is 2. The molecule has 8 heteroatoms. The maximum absolute atomic E-state index is 11.9. The number of carbonyl (C=O) groups excluding carboxylic acids is 2. The summed E-state index contributed by atoms with van der Waals surface area (Å²) in [6.45, 7) is 3.41. The largest absolute Gasteiger partial charge is 0.497 e. The van der Waals surface area contributed by atoms with E-state index in [9.17, 15) is 9.59 Å². The molecule has 0 aliphatic carbocycles. The van der Waals surface area contributed by atoms with Gasteiger partial charge in [0.2, 0.25) is 0 Å². The molecule has 0 spiro atoms. The van der Waals surface area contributed by atoms with Gasteiger partial charge < -0.3 is 9.47 Å². The number of methoxy groups -OCH3 is 2. The number of ether oxygens (including phenoxy) is 2. The Morgan fingerprint density at radius 3 is 1.50 bits per heavy atom. The quantitative estimate of drug-likeness (QED) is 0.454. The summed E-state index contributed by atoms with van der Waals surface area (Å²) in [5.74, 6) is -0.522. The average molecular weight is 382 g/mol. The molecule has 2 amide bonds. The Hall–Kier alpha value is -3.68. The summed E-state index contributed by atoms with van der Waals surface area (Å²) in [5, 5.41) is 7.87. The summed E-state index contributed by atoms with van der Waals surface area (Å²) < 4.78 is 10.3. The molecule has 2 N–H and O–H groups in total. The number of nitrogens with zero attached hydrogens (tertiary/aromatic N) is 2. The topological polar surface area (TPSA) is 101 Å². The molecule has 0 aromatic heterocycles. The summed E-state index contributed by atoms with van der Waals surface area (Å²) in [5.41, 5.74) is 6.97. The SMILES string of the molecule is COc1cccc(/C(C)=N/NC(=O)C(=O)N/N=C(\C)c2cccc(OC)c2)c1. The molecule has 2 aromatic carbocycles. The zero-order valence-electron chi connectivity index (χ0n) is 16.1. The van der Waals surface area contributed by atoms with Crippen molar-refractivity contribution in [2.24, 2.45) is 10.2 Å². The Kier molecular flexibility index (Phi) is 7.27. The fourth-order valence-electron chi connectivity index (χ4n) is 2.20. The van der Waals surface area contributed by atoms with Crippen LogP contribution in [0, 0.1) is 0 Å². The van der Waals surface area contributed by atoms with Crippen molar-refractivity contribution in [1.82, 2.24) is 10.9 Å². The minimum Gasteiger partial charge on any atom is -0.497 e. The Morgan fingerprint density at radius 1 is 0.750 bits per heavy atom. The maximum Gasteiger partial charge on any atom is 0.331 e. The van der Waals surface area contributed by atoms with E-state index in [1.165, 1.54) is 0 Å². The number of nitrogens with one attached hydrogen (secondary N) is 2. The van der Waals surface area contributed by atoms with E-state index < -0.39 is 11.8 Å². The Labute approximate surface area is 163 Å². The van der Waals surface area contributed by atoms with Crippen molar-refractivity contribution in [2.75, 3.05) is 14.2 Å². The average Bonchev–Trinajstić information content (AvgIpc) is 2.75. The lowest BCUT2D eigenvalue weighted by atomic mass is 10.1. The highest BCUT2D eigenvalue weighted by molar-refractivity contribution is 6.35. The molecule has 0 aliphatic rings. The first-order valence-electron chi connectivity index (χ1n) is 8.42. The fraction of sp³-hybridized carbons (Fsp3) is 0.200. The summed E-state index contributed by atoms with van der Waals surface area (Å²) in [4.78, 5) is 23.8. The lowest BCUT2D eigenvalue weighted by Crippen LogP contribution is -2.36. The van der Waals surface area contributed by atoms with Gasteiger partial charge in [-0.05, 0) is 38.1 Å². The van der Waals surface area contributed by atoms with Crippen molar-refractivity contribution in [1.29, 1.82) is 0 Å². The second kappa shape index (κ2) is 9.86. The van der Waals surface area contributed by atoms with Gasteiger partial charge in [-0.2, -0.15) is 10.2 Å². The summed E-state index contributed by atoms with van der Waals surface area (Å²) in [6.07, 6.45) is 0. The lowest BCUT2D eigenvalue weighted by Gasteiger charge is -2.06. The van der Waals surface area contributed by atoms with Crippen LogP contribution < -0.4 is 20.3 Å². The van der Waals surface area contributed by atoms with Gasteiger partial charge in [-0.1, -0.05) is 24.3 Å². The fourth-order valence-corrected chi connectivity index (χ4v) is 2.20. The van der Waals surface area contributed by atoms with Crippen LogP contribution in [0.15, 0.2) is 58.7 Å². The van der Waals surface area contributed by atoms with Crippen molar-refractivity contribution in [3.05, 3.63) is 59.7 Å². The van der Waals surface area contributed by atoms with Gasteiger partial charge in [0.25, 0.3) is 0 Å². The van der Waals surface area contributed by atoms with Crippen LogP contribution in [0.1, 0.15) is 25.0 Å². The van der Waals surface area contributed by atoms with Gasteiger partial charge in [-0.25, -0.2) is 10.9 Å². The van der Waals surface area contributed by atoms with E-state index in [0.717, 1.165) is 11.1 Å². The highest BCUT2D eigenvalue weighted by atomic mass is 16.5. The highest BCUT2D eigenvalue weighted by Gasteiger charge is 2.12. The zero-order chi connectivity index (χ0) is 20.5. The van der Waals surface area contributed by atoms with Crippen LogP contribution in [-0.4, -0.2) is 37.5 Å². The van der Waals surface area contributed by atoms with Crippen molar-refractivity contribution >= 4 is 23.2 Å². The highest BCUT2D eigenvalue weighted by Crippen LogP contribution is 2.14. The van der Waals surface area contributed by atoms with Crippen LogP contribution in [-0.2, 0) is 9.59 Å². The smallest absolute Gasteiger partial charge is 0.331 e. The van der Waals surface area contributed by atoms with Crippen molar-refractivity contribution < 1.29 is 19.1 Å². The first kappa shape index (κ1) is 20.6. The number of rotatable bonds is 6. The van der Waals surface area contributed by atoms with Crippen molar-refractivity contribution in [3.8, 4) is 11.5 Å². The summed E-state index contributed by atoms with van der Waals surface area (Å²) in [6, 6.07) is 14.4. The molecule has 0 atom stereocenters. The number of amides is 2. The van der Waals surface area contributed by atoms with Gasteiger partial charge in [0.05, 0.1) is 25.6 Å². The van der Waals surface area contributed by atoms with Crippen LogP contribution in [0.25, 0.3) is 0 Å². The van der Waals surface area contributed by atoms with Crippen molar-refractivity contribution in [3.63, 3.8) is 0 Å². The molecule has 8 nitrogen and oxygen atoms in total. The molecule has 0 saturated carbocycles. The van der Waals surface area contributed by atoms with Gasteiger partial charge in [-0.15, -0.1) is 0 Å². The number of hydrogen-bond donors (Lipinski definition) is 2. The first-order chi connectivity index (χ1) is 13.4. The van der Waals surface area contributed by atoms with Crippen LogP contribution in [0.3, 0.4) is 0 Å². The van der Waals surface area contributed by atoms with Crippen molar-refractivity contribution in [2.45, 2.75) is 13.8 Å². The molecular formula is C20H22N4O4. The van der Waals surface area contributed by atoms with Crippen LogP contribution in [0.2, 0.25) is 0 Å².